The van der Waals surface area contributed by atoms with Gasteiger partial charge in [0.05, 0.1) is 0 Å². The zero-order chi connectivity index (χ0) is 13.6. The summed E-state index contributed by atoms with van der Waals surface area (Å²) in [5.41, 5.74) is 4.76. The van der Waals surface area contributed by atoms with Gasteiger partial charge in [0.15, 0.2) is 0 Å². The Morgan fingerprint density at radius 3 is 2.40 bits per heavy atom. The van der Waals surface area contributed by atoms with Crippen molar-refractivity contribution in [3.8, 4) is 11.1 Å². The Morgan fingerprint density at radius 1 is 0.800 bits per heavy atom. The van der Waals surface area contributed by atoms with Gasteiger partial charge in [0.25, 0.3) is 0 Å². The van der Waals surface area contributed by atoms with Gasteiger partial charge in [0, 0.05) is 30.2 Å². The fraction of sp³-hybridized carbons (Fsp3) is 0.0556. The number of hydrogen-bond donors (Lipinski definition) is 1. The molecule has 0 atom stereocenters. The molecule has 3 aromatic rings. The van der Waals surface area contributed by atoms with Crippen molar-refractivity contribution >= 4 is 5.69 Å². The van der Waals surface area contributed by atoms with Crippen LogP contribution in [0, 0.1) is 0 Å². The standard InChI is InChI=1S/C18H16N2/c1-2-8-16(9-3-1)17-10-4-5-11-18(17)20-14-15-7-6-12-19-13-15/h1-13,20H,14H2. The Morgan fingerprint density at radius 2 is 1.60 bits per heavy atom. The highest BCUT2D eigenvalue weighted by Crippen LogP contribution is 2.27. The van der Waals surface area contributed by atoms with Gasteiger partial charge in [-0.05, 0) is 23.3 Å². The molecule has 20 heavy (non-hydrogen) atoms. The first kappa shape index (κ1) is 12.4. The lowest BCUT2D eigenvalue weighted by Crippen LogP contribution is -2.01. The molecule has 0 fully saturated rings. The molecule has 98 valence electrons. The Kier molecular flexibility index (Phi) is 3.74. The van der Waals surface area contributed by atoms with Crippen molar-refractivity contribution in [1.29, 1.82) is 0 Å². The Hall–Kier alpha value is -2.61. The summed E-state index contributed by atoms with van der Waals surface area (Å²) in [6, 6.07) is 22.8. The average Bonchev–Trinajstić information content (AvgIpc) is 2.55. The van der Waals surface area contributed by atoms with E-state index in [2.05, 4.69) is 64.9 Å². The second-order valence-electron chi connectivity index (χ2n) is 4.63. The van der Waals surface area contributed by atoms with Crippen LogP contribution < -0.4 is 5.32 Å². The van der Waals surface area contributed by atoms with Gasteiger partial charge >= 0.3 is 0 Å². The molecule has 0 aliphatic carbocycles. The van der Waals surface area contributed by atoms with Crippen LogP contribution in [-0.2, 0) is 6.54 Å². The van der Waals surface area contributed by atoms with E-state index in [-0.39, 0.29) is 0 Å². The predicted molar refractivity (Wildman–Crippen MR) is 83.4 cm³/mol. The van der Waals surface area contributed by atoms with Crippen LogP contribution in [0.1, 0.15) is 5.56 Å². The normalized spacial score (nSPS) is 10.2. The van der Waals surface area contributed by atoms with E-state index in [1.165, 1.54) is 16.7 Å². The monoisotopic (exact) mass is 260 g/mol. The zero-order valence-electron chi connectivity index (χ0n) is 11.2. The molecular weight excluding hydrogens is 244 g/mol. The van der Waals surface area contributed by atoms with Crippen LogP contribution >= 0.6 is 0 Å². The van der Waals surface area contributed by atoms with Crippen LogP contribution in [-0.4, -0.2) is 4.98 Å². The second kappa shape index (κ2) is 6.02. The SMILES string of the molecule is c1ccc(-c2ccccc2NCc2cccnc2)cc1. The van der Waals surface area contributed by atoms with E-state index < -0.39 is 0 Å². The summed E-state index contributed by atoms with van der Waals surface area (Å²) in [5, 5.41) is 3.49. The van der Waals surface area contributed by atoms with Gasteiger partial charge < -0.3 is 5.32 Å². The van der Waals surface area contributed by atoms with Crippen molar-refractivity contribution in [1.82, 2.24) is 4.98 Å². The first-order valence-corrected chi connectivity index (χ1v) is 6.71. The molecule has 0 bridgehead atoms. The van der Waals surface area contributed by atoms with E-state index in [1.54, 1.807) is 6.20 Å². The van der Waals surface area contributed by atoms with Gasteiger partial charge in [-0.2, -0.15) is 0 Å². The second-order valence-corrected chi connectivity index (χ2v) is 4.63. The first-order chi connectivity index (χ1) is 9.93. The van der Waals surface area contributed by atoms with Gasteiger partial charge in [0.1, 0.15) is 0 Å². The van der Waals surface area contributed by atoms with Crippen molar-refractivity contribution < 1.29 is 0 Å². The molecule has 0 saturated heterocycles. The summed E-state index contributed by atoms with van der Waals surface area (Å²) in [4.78, 5) is 4.14. The molecule has 0 spiro atoms. The maximum atomic E-state index is 4.14. The van der Waals surface area contributed by atoms with Gasteiger partial charge in [-0.3, -0.25) is 4.98 Å². The molecule has 3 rings (SSSR count). The summed E-state index contributed by atoms with van der Waals surface area (Å²) in [6.45, 7) is 0.775. The number of anilines is 1. The summed E-state index contributed by atoms with van der Waals surface area (Å²) < 4.78 is 0. The third-order valence-corrected chi connectivity index (χ3v) is 3.22. The third kappa shape index (κ3) is 2.86. The highest BCUT2D eigenvalue weighted by atomic mass is 14.9. The Labute approximate surface area is 119 Å². The molecule has 0 aliphatic rings. The minimum absolute atomic E-state index is 0.775. The van der Waals surface area contributed by atoms with Gasteiger partial charge in [-0.15, -0.1) is 0 Å². The number of benzene rings is 2. The van der Waals surface area contributed by atoms with Crippen molar-refractivity contribution in [2.24, 2.45) is 0 Å². The zero-order valence-corrected chi connectivity index (χ0v) is 11.2. The van der Waals surface area contributed by atoms with Crippen LogP contribution in [0.5, 0.6) is 0 Å². The number of nitrogens with one attached hydrogen (secondary N) is 1. The predicted octanol–water partition coefficient (Wildman–Crippen LogP) is 4.36. The van der Waals surface area contributed by atoms with E-state index in [9.17, 15) is 0 Å². The number of para-hydroxylation sites is 1. The molecule has 0 unspecified atom stereocenters. The first-order valence-electron chi connectivity index (χ1n) is 6.71. The molecule has 2 aromatic carbocycles. The molecule has 0 aliphatic heterocycles. The van der Waals surface area contributed by atoms with Crippen LogP contribution in [0.15, 0.2) is 79.1 Å². The van der Waals surface area contributed by atoms with E-state index in [1.807, 2.05) is 18.3 Å². The van der Waals surface area contributed by atoms with Gasteiger partial charge in [-0.1, -0.05) is 54.6 Å². The topological polar surface area (TPSA) is 24.9 Å². The van der Waals surface area contributed by atoms with Crippen LogP contribution in [0.4, 0.5) is 5.69 Å². The fourth-order valence-electron chi connectivity index (χ4n) is 2.21. The Balaban J connectivity index is 1.84. The summed E-state index contributed by atoms with van der Waals surface area (Å²) in [6.07, 6.45) is 3.68. The molecule has 1 N–H and O–H groups in total. The van der Waals surface area contributed by atoms with Crippen molar-refractivity contribution in [3.05, 3.63) is 84.7 Å². The number of pyridine rings is 1. The van der Waals surface area contributed by atoms with Crippen LogP contribution in [0.25, 0.3) is 11.1 Å². The number of nitrogens with zero attached hydrogens (tertiary/aromatic N) is 1. The van der Waals surface area contributed by atoms with Crippen molar-refractivity contribution in [2.75, 3.05) is 5.32 Å². The van der Waals surface area contributed by atoms with Crippen molar-refractivity contribution in [2.45, 2.75) is 6.54 Å². The molecular formula is C18H16N2. The molecule has 2 nitrogen and oxygen atoms in total. The largest absolute Gasteiger partial charge is 0.380 e. The summed E-state index contributed by atoms with van der Waals surface area (Å²) in [7, 11) is 0. The van der Waals surface area contributed by atoms with Gasteiger partial charge in [0.2, 0.25) is 0 Å². The lowest BCUT2D eigenvalue weighted by molar-refractivity contribution is 1.11. The molecule has 2 heteroatoms. The minimum Gasteiger partial charge on any atom is -0.380 e. The van der Waals surface area contributed by atoms with Crippen LogP contribution in [0.2, 0.25) is 0 Å². The Bertz CT molecular complexity index is 663. The van der Waals surface area contributed by atoms with E-state index in [4.69, 9.17) is 0 Å². The quantitative estimate of drug-likeness (QED) is 0.754. The molecule has 0 radical (unpaired) electrons. The smallest absolute Gasteiger partial charge is 0.0422 e. The molecule has 1 heterocycles. The summed E-state index contributed by atoms with van der Waals surface area (Å²) in [5.74, 6) is 0. The minimum atomic E-state index is 0.775. The lowest BCUT2D eigenvalue weighted by Gasteiger charge is -2.12. The number of rotatable bonds is 4. The highest BCUT2D eigenvalue weighted by molar-refractivity contribution is 5.77. The van der Waals surface area contributed by atoms with E-state index >= 15 is 0 Å². The van der Waals surface area contributed by atoms with E-state index in [0.717, 1.165) is 12.2 Å². The highest BCUT2D eigenvalue weighted by Gasteiger charge is 2.03. The molecule has 0 amide bonds. The average molecular weight is 260 g/mol. The number of aromatic nitrogens is 1. The fourth-order valence-corrected chi connectivity index (χ4v) is 2.21. The number of hydrogen-bond acceptors (Lipinski definition) is 2. The molecule has 0 saturated carbocycles. The van der Waals surface area contributed by atoms with Crippen LogP contribution in [0.3, 0.4) is 0 Å². The maximum Gasteiger partial charge on any atom is 0.0422 e. The maximum absolute atomic E-state index is 4.14. The lowest BCUT2D eigenvalue weighted by atomic mass is 10.0. The van der Waals surface area contributed by atoms with E-state index in [0.29, 0.717) is 0 Å². The summed E-state index contributed by atoms with van der Waals surface area (Å²) >= 11 is 0. The van der Waals surface area contributed by atoms with Crippen molar-refractivity contribution in [3.63, 3.8) is 0 Å². The van der Waals surface area contributed by atoms with Gasteiger partial charge in [-0.25, -0.2) is 0 Å². The molecule has 1 aromatic heterocycles. The third-order valence-electron chi connectivity index (χ3n) is 3.22.